The van der Waals surface area contributed by atoms with Crippen molar-refractivity contribution in [2.75, 3.05) is 7.05 Å². The van der Waals surface area contributed by atoms with Crippen LogP contribution in [0.15, 0.2) is 17.2 Å². The molecule has 2 aliphatic rings. The first-order valence-electron chi connectivity index (χ1n) is 7.40. The zero-order chi connectivity index (χ0) is 15.2. The molecule has 0 spiro atoms. The van der Waals surface area contributed by atoms with Gasteiger partial charge in [-0.05, 0) is 44.6 Å². The van der Waals surface area contributed by atoms with Crippen LogP contribution in [0.2, 0.25) is 0 Å². The molecule has 1 aromatic rings. The lowest BCUT2D eigenvalue weighted by Crippen LogP contribution is -2.42. The summed E-state index contributed by atoms with van der Waals surface area (Å²) >= 11 is 0. The van der Waals surface area contributed by atoms with Crippen molar-refractivity contribution in [2.24, 2.45) is 5.14 Å². The van der Waals surface area contributed by atoms with E-state index in [0.717, 1.165) is 38.5 Å². The van der Waals surface area contributed by atoms with E-state index in [2.05, 4.69) is 0 Å². The second-order valence-electron chi connectivity index (χ2n) is 6.10. The fourth-order valence-corrected chi connectivity index (χ4v) is 3.40. The van der Waals surface area contributed by atoms with Crippen LogP contribution >= 0.6 is 0 Å². The third-order valence-corrected chi connectivity index (χ3v) is 5.66. The van der Waals surface area contributed by atoms with E-state index in [9.17, 15) is 13.2 Å². The van der Waals surface area contributed by atoms with Crippen LogP contribution in [0, 0.1) is 0 Å². The molecule has 2 saturated carbocycles. The fraction of sp³-hybridized carbons (Fsp3) is 0.643. The minimum absolute atomic E-state index is 0.0276. The Balaban J connectivity index is 1.95. The SMILES string of the molecule is CN(C(=O)c1cc(S(N)(=O)=O)cn1C1CCC1)C1CCC1. The highest BCUT2D eigenvalue weighted by molar-refractivity contribution is 7.89. The molecule has 6 nitrogen and oxygen atoms in total. The molecule has 1 aromatic heterocycles. The Morgan fingerprint density at radius 2 is 1.90 bits per heavy atom. The summed E-state index contributed by atoms with van der Waals surface area (Å²) in [5, 5.41) is 5.21. The normalized spacial score (nSPS) is 19.9. The first-order chi connectivity index (χ1) is 9.88. The molecule has 7 heteroatoms. The van der Waals surface area contributed by atoms with Crippen molar-refractivity contribution in [3.63, 3.8) is 0 Å². The van der Waals surface area contributed by atoms with E-state index in [1.165, 1.54) is 12.3 Å². The van der Waals surface area contributed by atoms with E-state index < -0.39 is 10.0 Å². The summed E-state index contributed by atoms with van der Waals surface area (Å²) in [6.07, 6.45) is 7.77. The molecule has 3 rings (SSSR count). The Kier molecular flexibility index (Phi) is 3.57. The van der Waals surface area contributed by atoms with Gasteiger partial charge in [0.25, 0.3) is 5.91 Å². The van der Waals surface area contributed by atoms with Gasteiger partial charge in [-0.25, -0.2) is 13.6 Å². The van der Waals surface area contributed by atoms with Crippen LogP contribution in [-0.4, -0.2) is 36.9 Å². The van der Waals surface area contributed by atoms with Crippen LogP contribution in [0.4, 0.5) is 0 Å². The summed E-state index contributed by atoms with van der Waals surface area (Å²) in [7, 11) is -1.99. The van der Waals surface area contributed by atoms with Crippen LogP contribution in [0.1, 0.15) is 55.1 Å². The van der Waals surface area contributed by atoms with Crippen molar-refractivity contribution in [1.29, 1.82) is 0 Å². The first kappa shape index (κ1) is 14.6. The third-order valence-electron chi connectivity index (χ3n) is 4.78. The summed E-state index contributed by atoms with van der Waals surface area (Å²) in [4.78, 5) is 14.4. The number of rotatable bonds is 4. The monoisotopic (exact) mass is 311 g/mol. The van der Waals surface area contributed by atoms with Gasteiger partial charge in [0, 0.05) is 25.3 Å². The predicted molar refractivity (Wildman–Crippen MR) is 78.4 cm³/mol. The minimum Gasteiger partial charge on any atom is -0.339 e. The number of carbonyl (C=O) groups excluding carboxylic acids is 1. The van der Waals surface area contributed by atoms with Crippen LogP contribution in [0.5, 0.6) is 0 Å². The quantitative estimate of drug-likeness (QED) is 0.914. The second kappa shape index (κ2) is 5.14. The number of hydrogen-bond acceptors (Lipinski definition) is 3. The van der Waals surface area contributed by atoms with Gasteiger partial charge in [-0.2, -0.15) is 0 Å². The Morgan fingerprint density at radius 3 is 2.33 bits per heavy atom. The number of nitrogens with two attached hydrogens (primary N) is 1. The summed E-state index contributed by atoms with van der Waals surface area (Å²) < 4.78 is 24.9. The van der Waals surface area contributed by atoms with Gasteiger partial charge in [-0.1, -0.05) is 0 Å². The fourth-order valence-electron chi connectivity index (χ4n) is 2.87. The summed E-state index contributed by atoms with van der Waals surface area (Å²) in [5.74, 6) is -0.110. The Morgan fingerprint density at radius 1 is 1.29 bits per heavy atom. The van der Waals surface area contributed by atoms with Crippen molar-refractivity contribution in [3.8, 4) is 0 Å². The largest absolute Gasteiger partial charge is 0.339 e. The smallest absolute Gasteiger partial charge is 0.270 e. The molecule has 0 atom stereocenters. The Hall–Kier alpha value is -1.34. The second-order valence-corrected chi connectivity index (χ2v) is 7.66. The average molecular weight is 311 g/mol. The zero-order valence-electron chi connectivity index (χ0n) is 12.2. The van der Waals surface area contributed by atoms with E-state index >= 15 is 0 Å². The molecule has 1 heterocycles. The highest BCUT2D eigenvalue weighted by Gasteiger charge is 2.31. The predicted octanol–water partition coefficient (Wildman–Crippen LogP) is 1.48. The van der Waals surface area contributed by atoms with Crippen LogP contribution in [-0.2, 0) is 10.0 Å². The standard InChI is InChI=1S/C14H21N3O3S/c1-16(10-4-2-5-10)14(18)13-8-12(21(15,19)20)9-17(13)11-6-3-7-11/h8-11H,2-7H2,1H3,(H2,15,19,20). The molecule has 0 radical (unpaired) electrons. The molecule has 2 aliphatic carbocycles. The number of aromatic nitrogens is 1. The molecule has 116 valence electrons. The first-order valence-corrected chi connectivity index (χ1v) is 8.94. The molecule has 0 aliphatic heterocycles. The van der Waals surface area contributed by atoms with Crippen LogP contribution in [0.25, 0.3) is 0 Å². The van der Waals surface area contributed by atoms with Crippen LogP contribution in [0.3, 0.4) is 0 Å². The molecule has 21 heavy (non-hydrogen) atoms. The highest BCUT2D eigenvalue weighted by atomic mass is 32.2. The molecule has 0 saturated heterocycles. The van der Waals surface area contributed by atoms with Gasteiger partial charge < -0.3 is 9.47 Å². The van der Waals surface area contributed by atoms with E-state index in [4.69, 9.17) is 5.14 Å². The molecule has 0 aromatic carbocycles. The molecular weight excluding hydrogens is 290 g/mol. The topological polar surface area (TPSA) is 85.4 Å². The van der Waals surface area contributed by atoms with Crippen molar-refractivity contribution in [1.82, 2.24) is 9.47 Å². The van der Waals surface area contributed by atoms with Gasteiger partial charge in [-0.3, -0.25) is 4.79 Å². The van der Waals surface area contributed by atoms with Crippen molar-refractivity contribution in [3.05, 3.63) is 18.0 Å². The lowest BCUT2D eigenvalue weighted by atomic mass is 9.91. The number of sulfonamides is 1. The molecule has 0 unspecified atom stereocenters. The van der Waals surface area contributed by atoms with E-state index in [1.54, 1.807) is 16.5 Å². The van der Waals surface area contributed by atoms with Gasteiger partial charge in [-0.15, -0.1) is 0 Å². The average Bonchev–Trinajstić information content (AvgIpc) is 2.67. The van der Waals surface area contributed by atoms with Crippen molar-refractivity contribution in [2.45, 2.75) is 55.5 Å². The number of hydrogen-bond donors (Lipinski definition) is 1. The maximum absolute atomic E-state index is 12.7. The van der Waals surface area contributed by atoms with Gasteiger partial charge in [0.15, 0.2) is 0 Å². The van der Waals surface area contributed by atoms with Gasteiger partial charge >= 0.3 is 0 Å². The van der Waals surface area contributed by atoms with Crippen molar-refractivity contribution < 1.29 is 13.2 Å². The summed E-state index contributed by atoms with van der Waals surface area (Å²) in [6, 6.07) is 1.92. The minimum atomic E-state index is -3.78. The Bertz CT molecular complexity index is 657. The van der Waals surface area contributed by atoms with Crippen LogP contribution < -0.4 is 5.14 Å². The summed E-state index contributed by atoms with van der Waals surface area (Å²) in [5.41, 5.74) is 0.443. The number of amides is 1. The third kappa shape index (κ3) is 2.60. The van der Waals surface area contributed by atoms with E-state index in [-0.39, 0.29) is 22.9 Å². The van der Waals surface area contributed by atoms with E-state index in [0.29, 0.717) is 5.69 Å². The lowest BCUT2D eigenvalue weighted by Gasteiger charge is -2.36. The van der Waals surface area contributed by atoms with Gasteiger partial charge in [0.05, 0.1) is 0 Å². The Labute approximate surface area is 125 Å². The number of nitrogens with zero attached hydrogens (tertiary/aromatic N) is 2. The van der Waals surface area contributed by atoms with Crippen molar-refractivity contribution >= 4 is 15.9 Å². The number of primary sulfonamides is 1. The molecule has 2 N–H and O–H groups in total. The molecule has 2 fully saturated rings. The van der Waals surface area contributed by atoms with Gasteiger partial charge in [0.2, 0.25) is 10.0 Å². The molecular formula is C14H21N3O3S. The maximum atomic E-state index is 12.7. The number of carbonyl (C=O) groups is 1. The zero-order valence-corrected chi connectivity index (χ0v) is 13.0. The summed E-state index contributed by atoms with van der Waals surface area (Å²) in [6.45, 7) is 0. The van der Waals surface area contributed by atoms with Gasteiger partial charge in [0.1, 0.15) is 10.6 Å². The molecule has 1 amide bonds. The van der Waals surface area contributed by atoms with E-state index in [1.807, 2.05) is 0 Å². The maximum Gasteiger partial charge on any atom is 0.270 e. The highest BCUT2D eigenvalue weighted by Crippen LogP contribution is 2.35. The lowest BCUT2D eigenvalue weighted by molar-refractivity contribution is 0.0635. The molecule has 0 bridgehead atoms.